The quantitative estimate of drug-likeness (QED) is 0.184. The summed E-state index contributed by atoms with van der Waals surface area (Å²) in [5.74, 6) is 0. The van der Waals surface area contributed by atoms with Gasteiger partial charge in [-0.25, -0.2) is 0 Å². The number of rotatable bonds is 3. The molecule has 0 spiro atoms. The van der Waals surface area contributed by atoms with Gasteiger partial charge in [0.05, 0.1) is 0 Å². The van der Waals surface area contributed by atoms with Crippen molar-refractivity contribution in [2.24, 2.45) is 0 Å². The molecule has 49 heavy (non-hydrogen) atoms. The summed E-state index contributed by atoms with van der Waals surface area (Å²) in [6, 6.07) is 63.2. The third-order valence-corrected chi connectivity index (χ3v) is 10.9. The average molecular weight is 623 g/mol. The Labute approximate surface area is 286 Å². The fourth-order valence-electron chi connectivity index (χ4n) is 8.46. The van der Waals surface area contributed by atoms with E-state index in [0.29, 0.717) is 0 Å². The number of benzene rings is 9. The van der Waals surface area contributed by atoms with Gasteiger partial charge in [0.15, 0.2) is 0 Å². The first-order chi connectivity index (χ1) is 24.0. The van der Waals surface area contributed by atoms with E-state index in [1.807, 2.05) is 0 Å². The first kappa shape index (κ1) is 28.1. The van der Waals surface area contributed by atoms with Crippen LogP contribution in [-0.2, 0) is 5.41 Å². The monoisotopic (exact) mass is 622 g/mol. The Bertz CT molecular complexity index is 2780. The summed E-state index contributed by atoms with van der Waals surface area (Å²) in [5.41, 5.74) is 13.0. The van der Waals surface area contributed by atoms with Gasteiger partial charge in [-0.15, -0.1) is 0 Å². The van der Waals surface area contributed by atoms with Crippen LogP contribution in [0.4, 0.5) is 0 Å². The summed E-state index contributed by atoms with van der Waals surface area (Å²) < 4.78 is 0. The molecular formula is C49H34. The van der Waals surface area contributed by atoms with Crippen LogP contribution in [0, 0.1) is 0 Å². The second-order valence-electron chi connectivity index (χ2n) is 14.2. The van der Waals surface area contributed by atoms with Crippen molar-refractivity contribution in [3.63, 3.8) is 0 Å². The Morgan fingerprint density at radius 2 is 0.898 bits per heavy atom. The van der Waals surface area contributed by atoms with Gasteiger partial charge in [0.25, 0.3) is 0 Å². The molecule has 10 rings (SSSR count). The van der Waals surface area contributed by atoms with Crippen molar-refractivity contribution in [3.05, 3.63) is 181 Å². The molecule has 9 aromatic carbocycles. The molecule has 0 saturated carbocycles. The molecule has 0 bridgehead atoms. The lowest BCUT2D eigenvalue weighted by Crippen LogP contribution is -2.15. The maximum absolute atomic E-state index is 2.41. The molecule has 0 amide bonds. The Balaban J connectivity index is 1.11. The third-order valence-electron chi connectivity index (χ3n) is 10.9. The molecule has 1 aliphatic carbocycles. The van der Waals surface area contributed by atoms with E-state index < -0.39 is 0 Å². The van der Waals surface area contributed by atoms with Crippen LogP contribution in [0.5, 0.6) is 0 Å². The Morgan fingerprint density at radius 3 is 1.69 bits per heavy atom. The van der Waals surface area contributed by atoms with Crippen LogP contribution in [0.3, 0.4) is 0 Å². The summed E-state index contributed by atoms with van der Waals surface area (Å²) in [6.07, 6.45) is 0. The van der Waals surface area contributed by atoms with Crippen molar-refractivity contribution in [2.75, 3.05) is 0 Å². The van der Waals surface area contributed by atoms with Crippen LogP contribution in [0.25, 0.3) is 87.6 Å². The molecule has 0 heteroatoms. The fourth-order valence-corrected chi connectivity index (χ4v) is 8.46. The second-order valence-corrected chi connectivity index (χ2v) is 14.2. The molecule has 0 aliphatic heterocycles. The maximum Gasteiger partial charge on any atom is 0.0165 e. The van der Waals surface area contributed by atoms with E-state index in [1.54, 1.807) is 0 Å². The van der Waals surface area contributed by atoms with Crippen molar-refractivity contribution in [1.29, 1.82) is 0 Å². The number of hydrogen-bond acceptors (Lipinski definition) is 0. The highest BCUT2D eigenvalue weighted by atomic mass is 14.4. The zero-order valence-electron chi connectivity index (χ0n) is 27.7. The minimum Gasteiger partial charge on any atom is -0.0622 e. The Hall–Kier alpha value is -5.98. The molecule has 0 nitrogen and oxygen atoms in total. The third kappa shape index (κ3) is 4.38. The molecule has 9 aromatic rings. The standard InChI is InChI=1S/C49H34/c1-49(2)47-30-34-13-7-6-12-33(34)28-46(47)44-23-21-38-26-39(20-22-43(38)48(44)49)45-29-41(27-37-14-8-9-15-42(37)45)36-19-17-32-16-18-35(24-40(32)25-36)31-10-4-3-5-11-31/h3-30H,1-2H3. The summed E-state index contributed by atoms with van der Waals surface area (Å²) >= 11 is 0. The molecule has 0 aromatic heterocycles. The topological polar surface area (TPSA) is 0 Å². The lowest BCUT2D eigenvalue weighted by atomic mass is 9.79. The zero-order valence-corrected chi connectivity index (χ0v) is 27.7. The fraction of sp³-hybridized carbons (Fsp3) is 0.0612. The van der Waals surface area contributed by atoms with Crippen LogP contribution < -0.4 is 0 Å². The molecule has 0 atom stereocenters. The van der Waals surface area contributed by atoms with Crippen LogP contribution in [-0.4, -0.2) is 0 Å². The van der Waals surface area contributed by atoms with Crippen molar-refractivity contribution < 1.29 is 0 Å². The van der Waals surface area contributed by atoms with Crippen LogP contribution in [0.2, 0.25) is 0 Å². The molecule has 1 aliphatic rings. The molecule has 0 heterocycles. The predicted molar refractivity (Wildman–Crippen MR) is 210 cm³/mol. The van der Waals surface area contributed by atoms with Gasteiger partial charge in [-0.1, -0.05) is 141 Å². The van der Waals surface area contributed by atoms with E-state index in [0.717, 1.165) is 0 Å². The number of fused-ring (bicyclic) bond motifs is 8. The van der Waals surface area contributed by atoms with E-state index in [-0.39, 0.29) is 5.41 Å². The van der Waals surface area contributed by atoms with Gasteiger partial charge in [-0.3, -0.25) is 0 Å². The van der Waals surface area contributed by atoms with Gasteiger partial charge >= 0.3 is 0 Å². The van der Waals surface area contributed by atoms with Gasteiger partial charge in [0.1, 0.15) is 0 Å². The molecule has 0 fully saturated rings. The van der Waals surface area contributed by atoms with Gasteiger partial charge in [0.2, 0.25) is 0 Å². The van der Waals surface area contributed by atoms with E-state index >= 15 is 0 Å². The second kappa shape index (κ2) is 10.5. The van der Waals surface area contributed by atoms with Crippen LogP contribution >= 0.6 is 0 Å². The smallest absolute Gasteiger partial charge is 0.0165 e. The van der Waals surface area contributed by atoms with Gasteiger partial charge in [-0.2, -0.15) is 0 Å². The Kier molecular flexibility index (Phi) is 6.02. The van der Waals surface area contributed by atoms with Crippen molar-refractivity contribution in [1.82, 2.24) is 0 Å². The first-order valence-electron chi connectivity index (χ1n) is 17.2. The van der Waals surface area contributed by atoms with Crippen LogP contribution in [0.1, 0.15) is 25.0 Å². The normalized spacial score (nSPS) is 13.3. The number of hydrogen-bond donors (Lipinski definition) is 0. The summed E-state index contributed by atoms with van der Waals surface area (Å²) in [5, 5.41) is 10.3. The van der Waals surface area contributed by atoms with Crippen molar-refractivity contribution in [2.45, 2.75) is 19.3 Å². The SMILES string of the molecule is CC1(C)c2cc3ccccc3cc2-c2ccc3cc(-c4cc(-c5ccc6ccc(-c7ccccc7)cc6c5)cc5ccccc45)ccc3c21. The predicted octanol–water partition coefficient (Wildman–Crippen LogP) is 13.6. The highest BCUT2D eigenvalue weighted by Crippen LogP contribution is 2.52. The van der Waals surface area contributed by atoms with E-state index in [4.69, 9.17) is 0 Å². The molecule has 0 N–H and O–H groups in total. The van der Waals surface area contributed by atoms with E-state index in [2.05, 4.69) is 184 Å². The van der Waals surface area contributed by atoms with E-state index in [1.165, 1.54) is 98.7 Å². The maximum atomic E-state index is 2.41. The molecule has 0 unspecified atom stereocenters. The minimum absolute atomic E-state index is 0.0845. The minimum atomic E-state index is -0.0845. The van der Waals surface area contributed by atoms with Crippen LogP contribution in [0.15, 0.2) is 170 Å². The molecule has 0 saturated heterocycles. The Morgan fingerprint density at radius 1 is 0.306 bits per heavy atom. The van der Waals surface area contributed by atoms with Gasteiger partial charge in [-0.05, 0) is 141 Å². The molecule has 230 valence electrons. The highest BCUT2D eigenvalue weighted by molar-refractivity contribution is 6.05. The first-order valence-corrected chi connectivity index (χ1v) is 17.2. The lowest BCUT2D eigenvalue weighted by Gasteiger charge is -2.23. The average Bonchev–Trinajstić information content (AvgIpc) is 3.38. The van der Waals surface area contributed by atoms with Gasteiger partial charge in [0, 0.05) is 5.41 Å². The van der Waals surface area contributed by atoms with Crippen molar-refractivity contribution >= 4 is 43.1 Å². The molecular weight excluding hydrogens is 589 g/mol. The van der Waals surface area contributed by atoms with E-state index in [9.17, 15) is 0 Å². The lowest BCUT2D eigenvalue weighted by molar-refractivity contribution is 0.667. The van der Waals surface area contributed by atoms with Crippen molar-refractivity contribution in [3.8, 4) is 44.5 Å². The summed E-state index contributed by atoms with van der Waals surface area (Å²) in [7, 11) is 0. The summed E-state index contributed by atoms with van der Waals surface area (Å²) in [4.78, 5) is 0. The largest absolute Gasteiger partial charge is 0.0622 e. The highest BCUT2D eigenvalue weighted by Gasteiger charge is 2.37. The summed E-state index contributed by atoms with van der Waals surface area (Å²) in [6.45, 7) is 4.78. The van der Waals surface area contributed by atoms with Gasteiger partial charge < -0.3 is 0 Å². The zero-order chi connectivity index (χ0) is 32.7. The molecule has 0 radical (unpaired) electrons.